The molecule has 1 saturated heterocycles. The molecule has 0 aromatic rings. The third-order valence-corrected chi connectivity index (χ3v) is 14.8. The summed E-state index contributed by atoms with van der Waals surface area (Å²) in [5.41, 5.74) is 0. The first kappa shape index (κ1) is 74.6. The van der Waals surface area contributed by atoms with Crippen LogP contribution in [0.4, 0.5) is 0 Å². The molecule has 80 heavy (non-hydrogen) atoms. The van der Waals surface area contributed by atoms with Gasteiger partial charge in [-0.3, -0.25) is 9.59 Å². The van der Waals surface area contributed by atoms with E-state index >= 15 is 0 Å². The number of aliphatic hydroxyl groups is 5. The Morgan fingerprint density at radius 3 is 1.49 bits per heavy atom. The van der Waals surface area contributed by atoms with Gasteiger partial charge in [-0.1, -0.05) is 272 Å². The van der Waals surface area contributed by atoms with Gasteiger partial charge in [-0.25, -0.2) is 0 Å². The zero-order valence-corrected chi connectivity index (χ0v) is 50.9. The predicted molar refractivity (Wildman–Crippen MR) is 333 cm³/mol. The van der Waals surface area contributed by atoms with E-state index in [1.165, 1.54) is 141 Å². The lowest BCUT2D eigenvalue weighted by atomic mass is 9.99. The standard InChI is InChI=1S/C69H119NO10/c1-4-7-10-13-16-19-22-25-26-27-28-29-30-31-32-33-34-35-36-37-39-41-44-47-50-53-56-62(73)68(77)70-60(61(72)55-52-49-46-43-40-24-21-18-15-12-9-6-3)59-78-69-67(66(76)65(75)63(58-71)79-69)80-64(74)57-54-51-48-45-42-38-23-20-17-14-11-8-5-2/h8,11,14,16-17,19-20,23,25-26,28-29,38,42,52,55,60-63,65-67,69,71-73,75-76H,4-7,9-10,12-13,15,18,21-22,24,27,30-37,39-41,43-51,53-54,56-59H2,1-3H3,(H,70,77)/b11-8+,17-14+,19-16-,23-20-,26-25-,29-28-,42-38-,55-52+. The molecule has 11 heteroatoms. The van der Waals surface area contributed by atoms with Crippen LogP contribution in [0.1, 0.15) is 265 Å². The van der Waals surface area contributed by atoms with Crippen LogP contribution in [-0.4, -0.2) is 99.6 Å². The monoisotopic (exact) mass is 1120 g/mol. The van der Waals surface area contributed by atoms with Gasteiger partial charge in [-0.15, -0.1) is 0 Å². The summed E-state index contributed by atoms with van der Waals surface area (Å²) >= 11 is 0. The Hall–Kier alpha value is -3.42. The molecule has 0 aliphatic carbocycles. The topological polar surface area (TPSA) is 175 Å². The van der Waals surface area contributed by atoms with E-state index in [2.05, 4.69) is 74.7 Å². The Balaban J connectivity index is 2.60. The van der Waals surface area contributed by atoms with E-state index in [-0.39, 0.29) is 19.4 Å². The lowest BCUT2D eigenvalue weighted by Crippen LogP contribution is -2.61. The molecule has 0 spiro atoms. The number of esters is 1. The zero-order valence-electron chi connectivity index (χ0n) is 50.9. The highest BCUT2D eigenvalue weighted by atomic mass is 16.7. The van der Waals surface area contributed by atoms with Crippen molar-refractivity contribution < 1.29 is 49.3 Å². The van der Waals surface area contributed by atoms with Crippen LogP contribution in [0, 0.1) is 0 Å². The number of nitrogens with one attached hydrogen (secondary N) is 1. The molecule has 1 aliphatic rings. The van der Waals surface area contributed by atoms with Crippen LogP contribution in [0.3, 0.4) is 0 Å². The third kappa shape index (κ3) is 43.3. The Labute approximate surface area is 488 Å². The smallest absolute Gasteiger partial charge is 0.306 e. The Morgan fingerprint density at radius 2 is 0.950 bits per heavy atom. The molecule has 0 saturated carbocycles. The molecule has 1 heterocycles. The Bertz CT molecular complexity index is 1670. The van der Waals surface area contributed by atoms with Crippen LogP contribution < -0.4 is 5.32 Å². The maximum atomic E-state index is 13.5. The van der Waals surface area contributed by atoms with Gasteiger partial charge in [0, 0.05) is 6.42 Å². The lowest BCUT2D eigenvalue weighted by Gasteiger charge is -2.41. The van der Waals surface area contributed by atoms with Crippen LogP contribution in [0.15, 0.2) is 97.2 Å². The number of unbranched alkanes of at least 4 members (excludes halogenated alkanes) is 29. The fourth-order valence-corrected chi connectivity index (χ4v) is 9.67. The summed E-state index contributed by atoms with van der Waals surface area (Å²) in [6.07, 6.45) is 64.6. The minimum absolute atomic E-state index is 0.0740. The van der Waals surface area contributed by atoms with Crippen LogP contribution in [0.25, 0.3) is 0 Å². The number of hydrogen-bond donors (Lipinski definition) is 6. The molecule has 460 valence electrons. The molecule has 1 aliphatic heterocycles. The van der Waals surface area contributed by atoms with Gasteiger partial charge in [-0.05, 0) is 83.5 Å². The third-order valence-electron chi connectivity index (χ3n) is 14.8. The second-order valence-electron chi connectivity index (χ2n) is 22.2. The molecule has 0 bridgehead atoms. The van der Waals surface area contributed by atoms with E-state index in [4.69, 9.17) is 14.2 Å². The van der Waals surface area contributed by atoms with Gasteiger partial charge in [0.15, 0.2) is 12.4 Å². The number of rotatable bonds is 54. The molecule has 0 aromatic carbocycles. The minimum atomic E-state index is -1.63. The molecular weight excluding hydrogens is 1000 g/mol. The van der Waals surface area contributed by atoms with Crippen LogP contribution in [0.2, 0.25) is 0 Å². The number of carbonyl (C=O) groups is 2. The van der Waals surface area contributed by atoms with Gasteiger partial charge < -0.3 is 45.1 Å². The number of allylic oxidation sites excluding steroid dienone is 15. The fourth-order valence-electron chi connectivity index (χ4n) is 9.67. The van der Waals surface area contributed by atoms with Crippen LogP contribution >= 0.6 is 0 Å². The van der Waals surface area contributed by atoms with Gasteiger partial charge in [0.1, 0.15) is 24.4 Å². The highest BCUT2D eigenvalue weighted by Gasteiger charge is 2.47. The quantitative estimate of drug-likeness (QED) is 0.0149. The van der Waals surface area contributed by atoms with Gasteiger partial charge in [-0.2, -0.15) is 0 Å². The first-order valence-corrected chi connectivity index (χ1v) is 32.6. The number of amides is 1. The summed E-state index contributed by atoms with van der Waals surface area (Å²) in [6, 6.07) is -1.04. The molecule has 0 radical (unpaired) electrons. The molecule has 11 nitrogen and oxygen atoms in total. The van der Waals surface area contributed by atoms with Crippen molar-refractivity contribution >= 4 is 11.9 Å². The summed E-state index contributed by atoms with van der Waals surface area (Å²) in [7, 11) is 0. The first-order chi connectivity index (χ1) is 39.2. The van der Waals surface area contributed by atoms with Gasteiger partial charge in [0.25, 0.3) is 0 Å². The van der Waals surface area contributed by atoms with Crippen molar-refractivity contribution in [1.29, 1.82) is 0 Å². The molecule has 0 aromatic heterocycles. The number of hydrogen-bond acceptors (Lipinski definition) is 10. The van der Waals surface area contributed by atoms with E-state index in [9.17, 15) is 35.1 Å². The lowest BCUT2D eigenvalue weighted by molar-refractivity contribution is -0.305. The second kappa shape index (κ2) is 56.1. The summed E-state index contributed by atoms with van der Waals surface area (Å²) in [6.45, 7) is 5.59. The van der Waals surface area contributed by atoms with E-state index in [1.54, 1.807) is 6.08 Å². The average molecular weight is 1120 g/mol. The van der Waals surface area contributed by atoms with Gasteiger partial charge in [0.2, 0.25) is 5.91 Å². The predicted octanol–water partition coefficient (Wildman–Crippen LogP) is 15.9. The molecule has 1 rings (SSSR count). The van der Waals surface area contributed by atoms with Crippen LogP contribution in [0.5, 0.6) is 0 Å². The van der Waals surface area contributed by atoms with Crippen molar-refractivity contribution in [2.75, 3.05) is 13.2 Å². The highest BCUT2D eigenvalue weighted by Crippen LogP contribution is 2.26. The van der Waals surface area contributed by atoms with Crippen molar-refractivity contribution in [1.82, 2.24) is 5.32 Å². The summed E-state index contributed by atoms with van der Waals surface area (Å²) in [4.78, 5) is 26.5. The highest BCUT2D eigenvalue weighted by molar-refractivity contribution is 5.80. The molecular formula is C69H119NO10. The van der Waals surface area contributed by atoms with Crippen molar-refractivity contribution in [3.05, 3.63) is 97.2 Å². The maximum absolute atomic E-state index is 13.5. The van der Waals surface area contributed by atoms with E-state index in [0.29, 0.717) is 12.8 Å². The number of carbonyl (C=O) groups excluding carboxylic acids is 2. The van der Waals surface area contributed by atoms with E-state index in [1.807, 2.05) is 42.5 Å². The maximum Gasteiger partial charge on any atom is 0.306 e. The van der Waals surface area contributed by atoms with Crippen molar-refractivity contribution in [2.45, 2.75) is 314 Å². The molecule has 1 fully saturated rings. The summed E-state index contributed by atoms with van der Waals surface area (Å²) < 4.78 is 17.6. The molecule has 8 unspecified atom stereocenters. The summed E-state index contributed by atoms with van der Waals surface area (Å²) in [5, 5.41) is 57.0. The van der Waals surface area contributed by atoms with Crippen molar-refractivity contribution in [2.24, 2.45) is 0 Å². The second-order valence-corrected chi connectivity index (χ2v) is 22.2. The first-order valence-electron chi connectivity index (χ1n) is 32.6. The largest absolute Gasteiger partial charge is 0.454 e. The molecule has 1 amide bonds. The zero-order chi connectivity index (χ0) is 58.2. The van der Waals surface area contributed by atoms with Crippen molar-refractivity contribution in [3.63, 3.8) is 0 Å². The number of ether oxygens (including phenoxy) is 3. The van der Waals surface area contributed by atoms with E-state index < -0.39 is 67.4 Å². The van der Waals surface area contributed by atoms with E-state index in [0.717, 1.165) is 77.0 Å². The fraction of sp³-hybridized carbons (Fsp3) is 0.739. The van der Waals surface area contributed by atoms with Gasteiger partial charge >= 0.3 is 5.97 Å². The summed E-state index contributed by atoms with van der Waals surface area (Å²) in [5.74, 6) is -1.24. The van der Waals surface area contributed by atoms with Crippen molar-refractivity contribution in [3.8, 4) is 0 Å². The average Bonchev–Trinajstić information content (AvgIpc) is 3.45. The Morgan fingerprint density at radius 1 is 0.512 bits per heavy atom. The minimum Gasteiger partial charge on any atom is -0.454 e. The van der Waals surface area contributed by atoms with Gasteiger partial charge in [0.05, 0.1) is 25.4 Å². The molecule has 8 atom stereocenters. The Kier molecular flexibility index (Phi) is 52.3. The number of aliphatic hydroxyl groups excluding tert-OH is 5. The normalized spacial score (nSPS) is 19.4. The van der Waals surface area contributed by atoms with Crippen LogP contribution in [-0.2, 0) is 23.8 Å². The SMILES string of the molecule is CC/C=C/C=C/C=C\C=C/CCCCCC(=O)OC1C(OCC(NC(=O)C(O)CCCCCCCCCCCCCCC/C=C\C/C=C\C/C=C\CCCCC)C(O)/C=C/CCCCCCCCCCCC)OC(CO)C(O)C1O. The molecule has 6 N–H and O–H groups in total.